The Bertz CT molecular complexity index is 553. The number of carbonyl (C=O) groups is 1. The molecule has 0 heterocycles. The topological polar surface area (TPSA) is 102 Å². The summed E-state index contributed by atoms with van der Waals surface area (Å²) in [6.07, 6.45) is 2.85. The van der Waals surface area contributed by atoms with Crippen LogP contribution in [0.4, 0.5) is 11.4 Å². The first-order chi connectivity index (χ1) is 10.5. The van der Waals surface area contributed by atoms with Gasteiger partial charge in [-0.3, -0.25) is 14.9 Å². The summed E-state index contributed by atoms with van der Waals surface area (Å²) in [5, 5.41) is 23.2. The number of benzene rings is 1. The Kier molecular flexibility index (Phi) is 5.19. The van der Waals surface area contributed by atoms with Crippen molar-refractivity contribution >= 4 is 17.3 Å². The number of aliphatic carboxylic acids is 1. The molecular formula is C15H20N2O5. The van der Waals surface area contributed by atoms with Crippen LogP contribution >= 0.6 is 0 Å². The molecule has 2 rings (SSSR count). The van der Waals surface area contributed by atoms with Gasteiger partial charge in [0.2, 0.25) is 0 Å². The number of carboxylic acids is 1. The first-order valence-electron chi connectivity index (χ1n) is 7.41. The van der Waals surface area contributed by atoms with Crippen LogP contribution in [0, 0.1) is 16.0 Å². The molecule has 0 atom stereocenters. The van der Waals surface area contributed by atoms with Crippen LogP contribution in [0.15, 0.2) is 18.2 Å². The van der Waals surface area contributed by atoms with Gasteiger partial charge in [-0.25, -0.2) is 0 Å². The second-order valence-electron chi connectivity index (χ2n) is 5.40. The number of ether oxygens (including phenoxy) is 1. The lowest BCUT2D eigenvalue weighted by Crippen LogP contribution is -2.29. The van der Waals surface area contributed by atoms with Gasteiger partial charge in [0.05, 0.1) is 17.4 Å². The van der Waals surface area contributed by atoms with Gasteiger partial charge in [0.15, 0.2) is 5.75 Å². The van der Waals surface area contributed by atoms with E-state index in [2.05, 4.69) is 5.32 Å². The summed E-state index contributed by atoms with van der Waals surface area (Å²) < 4.78 is 5.32. The summed E-state index contributed by atoms with van der Waals surface area (Å²) in [4.78, 5) is 21.4. The van der Waals surface area contributed by atoms with E-state index in [0.717, 1.165) is 18.5 Å². The van der Waals surface area contributed by atoms with Crippen molar-refractivity contribution in [3.05, 3.63) is 28.3 Å². The molecule has 0 amide bonds. The Hall–Kier alpha value is -2.31. The van der Waals surface area contributed by atoms with Gasteiger partial charge in [0.1, 0.15) is 0 Å². The van der Waals surface area contributed by atoms with Gasteiger partial charge in [-0.1, -0.05) is 0 Å². The molecule has 22 heavy (non-hydrogen) atoms. The number of nitrogens with one attached hydrogen (secondary N) is 1. The van der Waals surface area contributed by atoms with Crippen LogP contribution in [0.25, 0.3) is 0 Å². The summed E-state index contributed by atoms with van der Waals surface area (Å²) in [5.41, 5.74) is 0.704. The smallest absolute Gasteiger partial charge is 0.311 e. The molecule has 1 fully saturated rings. The predicted octanol–water partition coefficient (Wildman–Crippen LogP) is 3.05. The van der Waals surface area contributed by atoms with Crippen LogP contribution < -0.4 is 10.1 Å². The molecule has 2 N–H and O–H groups in total. The number of nitro benzene ring substituents is 1. The third-order valence-electron chi connectivity index (χ3n) is 3.90. The van der Waals surface area contributed by atoms with Gasteiger partial charge in [0, 0.05) is 23.9 Å². The Morgan fingerprint density at radius 2 is 2.09 bits per heavy atom. The molecule has 1 aliphatic carbocycles. The van der Waals surface area contributed by atoms with E-state index in [0.29, 0.717) is 19.4 Å². The van der Waals surface area contributed by atoms with E-state index in [4.69, 9.17) is 9.84 Å². The Labute approximate surface area is 128 Å². The van der Waals surface area contributed by atoms with Crippen LogP contribution in [0.1, 0.15) is 32.6 Å². The van der Waals surface area contributed by atoms with Gasteiger partial charge >= 0.3 is 11.7 Å². The van der Waals surface area contributed by atoms with Gasteiger partial charge in [-0.15, -0.1) is 0 Å². The number of nitro groups is 1. The van der Waals surface area contributed by atoms with Crippen molar-refractivity contribution in [2.45, 2.75) is 38.6 Å². The van der Waals surface area contributed by atoms with Crippen molar-refractivity contribution in [1.82, 2.24) is 0 Å². The number of hydrogen-bond acceptors (Lipinski definition) is 5. The minimum absolute atomic E-state index is 0.0537. The van der Waals surface area contributed by atoms with Crippen LogP contribution in [0.2, 0.25) is 0 Å². The van der Waals surface area contributed by atoms with Crippen LogP contribution in [0.5, 0.6) is 5.75 Å². The predicted molar refractivity (Wildman–Crippen MR) is 81.3 cm³/mol. The van der Waals surface area contributed by atoms with Gasteiger partial charge < -0.3 is 15.2 Å². The minimum Gasteiger partial charge on any atom is -0.487 e. The second kappa shape index (κ2) is 7.11. The molecular weight excluding hydrogens is 288 g/mol. The SMILES string of the molecule is CCOc1cc(NC2CCC(C(=O)O)CC2)ccc1[N+](=O)[O-]. The molecule has 1 aromatic rings. The molecule has 0 radical (unpaired) electrons. The largest absolute Gasteiger partial charge is 0.487 e. The third-order valence-corrected chi connectivity index (χ3v) is 3.90. The number of anilines is 1. The van der Waals surface area contributed by atoms with Crippen LogP contribution in [-0.2, 0) is 4.79 Å². The highest BCUT2D eigenvalue weighted by Gasteiger charge is 2.26. The summed E-state index contributed by atoms with van der Waals surface area (Å²) in [6.45, 7) is 2.13. The molecule has 0 bridgehead atoms. The Balaban J connectivity index is 2.03. The fourth-order valence-corrected chi connectivity index (χ4v) is 2.75. The number of hydrogen-bond donors (Lipinski definition) is 2. The van der Waals surface area contributed by atoms with E-state index in [-0.39, 0.29) is 23.4 Å². The number of carboxylic acid groups (broad SMARTS) is 1. The molecule has 0 saturated heterocycles. The fourth-order valence-electron chi connectivity index (χ4n) is 2.75. The van der Waals surface area contributed by atoms with Gasteiger partial charge in [-0.05, 0) is 38.7 Å². The Morgan fingerprint density at radius 3 is 2.64 bits per heavy atom. The molecule has 120 valence electrons. The normalized spacial score (nSPS) is 21.1. The first-order valence-corrected chi connectivity index (χ1v) is 7.41. The second-order valence-corrected chi connectivity index (χ2v) is 5.40. The molecule has 0 aromatic heterocycles. The highest BCUT2D eigenvalue weighted by molar-refractivity contribution is 5.70. The van der Waals surface area contributed by atoms with E-state index in [1.807, 2.05) is 0 Å². The maximum atomic E-state index is 10.9. The van der Waals surface area contributed by atoms with E-state index in [1.54, 1.807) is 19.1 Å². The molecule has 1 aliphatic rings. The number of rotatable bonds is 6. The first kappa shape index (κ1) is 16.1. The highest BCUT2D eigenvalue weighted by atomic mass is 16.6. The maximum absolute atomic E-state index is 10.9. The molecule has 0 unspecified atom stereocenters. The quantitative estimate of drug-likeness (QED) is 0.618. The molecule has 0 aliphatic heterocycles. The summed E-state index contributed by atoms with van der Waals surface area (Å²) in [6, 6.07) is 4.90. The summed E-state index contributed by atoms with van der Waals surface area (Å²) in [7, 11) is 0. The van der Waals surface area contributed by atoms with E-state index >= 15 is 0 Å². The zero-order chi connectivity index (χ0) is 16.1. The molecule has 7 heteroatoms. The van der Waals surface area contributed by atoms with Crippen molar-refractivity contribution in [3.63, 3.8) is 0 Å². The standard InChI is InChI=1S/C15H20N2O5/c1-2-22-14-9-12(7-8-13(14)17(20)21)16-11-5-3-10(4-6-11)15(18)19/h7-11,16H,2-6H2,1H3,(H,18,19). The third kappa shape index (κ3) is 3.87. The lowest BCUT2D eigenvalue weighted by molar-refractivity contribution is -0.385. The fraction of sp³-hybridized carbons (Fsp3) is 0.533. The van der Waals surface area contributed by atoms with E-state index in [1.165, 1.54) is 6.07 Å². The monoisotopic (exact) mass is 308 g/mol. The van der Waals surface area contributed by atoms with Crippen molar-refractivity contribution < 1.29 is 19.6 Å². The van der Waals surface area contributed by atoms with Crippen LogP contribution in [-0.4, -0.2) is 28.6 Å². The average molecular weight is 308 g/mol. The summed E-state index contributed by atoms with van der Waals surface area (Å²) >= 11 is 0. The van der Waals surface area contributed by atoms with Crippen molar-refractivity contribution in [2.24, 2.45) is 5.92 Å². The van der Waals surface area contributed by atoms with Crippen molar-refractivity contribution in [2.75, 3.05) is 11.9 Å². The molecule has 1 saturated carbocycles. The lowest BCUT2D eigenvalue weighted by Gasteiger charge is -2.27. The van der Waals surface area contributed by atoms with E-state index < -0.39 is 10.9 Å². The Morgan fingerprint density at radius 1 is 1.41 bits per heavy atom. The van der Waals surface area contributed by atoms with Gasteiger partial charge in [0.25, 0.3) is 0 Å². The zero-order valence-electron chi connectivity index (χ0n) is 12.4. The van der Waals surface area contributed by atoms with Crippen molar-refractivity contribution in [3.8, 4) is 5.75 Å². The minimum atomic E-state index is -0.729. The van der Waals surface area contributed by atoms with Crippen LogP contribution in [0.3, 0.4) is 0 Å². The van der Waals surface area contributed by atoms with E-state index in [9.17, 15) is 14.9 Å². The lowest BCUT2D eigenvalue weighted by atomic mass is 9.86. The summed E-state index contributed by atoms with van der Waals surface area (Å²) in [5.74, 6) is -0.738. The number of nitrogens with zero attached hydrogens (tertiary/aromatic N) is 1. The average Bonchev–Trinajstić information content (AvgIpc) is 2.48. The maximum Gasteiger partial charge on any atom is 0.311 e. The van der Waals surface area contributed by atoms with Gasteiger partial charge in [-0.2, -0.15) is 0 Å². The molecule has 7 nitrogen and oxygen atoms in total. The zero-order valence-corrected chi connectivity index (χ0v) is 12.4. The molecule has 0 spiro atoms. The molecule has 1 aromatic carbocycles. The van der Waals surface area contributed by atoms with Crippen molar-refractivity contribution in [1.29, 1.82) is 0 Å². The highest BCUT2D eigenvalue weighted by Crippen LogP contribution is 2.32.